The lowest BCUT2D eigenvalue weighted by Gasteiger charge is -2.09. The summed E-state index contributed by atoms with van der Waals surface area (Å²) in [6.07, 6.45) is 0. The smallest absolute Gasteiger partial charge is 0.113 e. The fourth-order valence-corrected chi connectivity index (χ4v) is 5.21. The third kappa shape index (κ3) is 2.63. The first kappa shape index (κ1) is 18.3. The van der Waals surface area contributed by atoms with Crippen LogP contribution in [0, 0.1) is 0 Å². The molecule has 2 nitrogen and oxygen atoms in total. The topological polar surface area (TPSA) is 9.86 Å². The van der Waals surface area contributed by atoms with Crippen LogP contribution in [0.4, 0.5) is 0 Å². The number of nitrogens with zero attached hydrogens (tertiary/aromatic N) is 2. The summed E-state index contributed by atoms with van der Waals surface area (Å²) in [5, 5.41) is 4.92. The Bertz CT molecular complexity index is 1810. The second-order valence-electron chi connectivity index (χ2n) is 8.52. The van der Waals surface area contributed by atoms with Crippen LogP contribution >= 0.6 is 0 Å². The van der Waals surface area contributed by atoms with Gasteiger partial charge in [-0.05, 0) is 48.5 Å². The van der Waals surface area contributed by atoms with Crippen molar-refractivity contribution in [3.8, 4) is 11.4 Å². The lowest BCUT2D eigenvalue weighted by Crippen LogP contribution is -2.02. The molecule has 7 aromatic rings. The molecule has 0 bridgehead atoms. The van der Waals surface area contributed by atoms with Crippen molar-refractivity contribution in [2.75, 3.05) is 0 Å². The molecule has 7 rings (SSSR count). The van der Waals surface area contributed by atoms with E-state index in [2.05, 4.69) is 118 Å². The first-order valence-corrected chi connectivity index (χ1v) is 11.2. The average molecular weight is 418 g/mol. The molecule has 152 valence electrons. The molecule has 0 saturated carbocycles. The van der Waals surface area contributed by atoms with Crippen LogP contribution in [-0.4, -0.2) is 17.0 Å². The van der Waals surface area contributed by atoms with Gasteiger partial charge in [-0.25, -0.2) is 0 Å². The van der Waals surface area contributed by atoms with Gasteiger partial charge in [0.25, 0.3) is 0 Å². The Balaban J connectivity index is 1.71. The third-order valence-corrected chi connectivity index (χ3v) is 6.61. The van der Waals surface area contributed by atoms with Crippen molar-refractivity contribution in [2.45, 2.75) is 0 Å². The maximum absolute atomic E-state index is 6.23. The van der Waals surface area contributed by atoms with Gasteiger partial charge in [-0.3, -0.25) is 0 Å². The summed E-state index contributed by atoms with van der Waals surface area (Å²) in [5.74, 6) is 0. The van der Waals surface area contributed by atoms with Gasteiger partial charge >= 0.3 is 0 Å². The van der Waals surface area contributed by atoms with E-state index in [1.165, 1.54) is 43.8 Å². The minimum atomic E-state index is 0.770. The normalized spacial score (nSPS) is 11.8. The monoisotopic (exact) mass is 418 g/mol. The molecule has 0 spiro atoms. The SMILES string of the molecule is [B]c1ccc2c3cc4c(cc3n(-c3ccccc3)c2c1)c1ccccc1n4-c1ccccc1. The van der Waals surface area contributed by atoms with Crippen molar-refractivity contribution in [1.29, 1.82) is 0 Å². The van der Waals surface area contributed by atoms with Crippen molar-refractivity contribution in [3.05, 3.63) is 115 Å². The maximum atomic E-state index is 6.23. The van der Waals surface area contributed by atoms with Crippen LogP contribution in [-0.2, 0) is 0 Å². The fraction of sp³-hybridized carbons (Fsp3) is 0. The van der Waals surface area contributed by atoms with E-state index in [1.807, 2.05) is 6.07 Å². The number of aromatic nitrogens is 2. The highest BCUT2D eigenvalue weighted by molar-refractivity contribution is 6.33. The molecule has 3 heteroatoms. The van der Waals surface area contributed by atoms with E-state index in [9.17, 15) is 0 Å². The van der Waals surface area contributed by atoms with Gasteiger partial charge in [0.15, 0.2) is 0 Å². The fourth-order valence-electron chi connectivity index (χ4n) is 5.21. The Morgan fingerprint density at radius 2 is 0.879 bits per heavy atom. The van der Waals surface area contributed by atoms with E-state index in [1.54, 1.807) is 0 Å². The van der Waals surface area contributed by atoms with Crippen LogP contribution in [0.5, 0.6) is 0 Å². The van der Waals surface area contributed by atoms with Crippen molar-refractivity contribution >= 4 is 56.9 Å². The zero-order valence-electron chi connectivity index (χ0n) is 17.9. The third-order valence-electron chi connectivity index (χ3n) is 6.61. The number of para-hydroxylation sites is 3. The number of benzene rings is 5. The summed E-state index contributed by atoms with van der Waals surface area (Å²) in [6, 6.07) is 40.7. The van der Waals surface area contributed by atoms with Gasteiger partial charge in [-0.1, -0.05) is 72.2 Å². The van der Waals surface area contributed by atoms with E-state index in [-0.39, 0.29) is 0 Å². The molecule has 5 aromatic carbocycles. The number of hydrogen-bond donors (Lipinski definition) is 0. The molecule has 0 atom stereocenters. The van der Waals surface area contributed by atoms with Gasteiger partial charge < -0.3 is 9.13 Å². The molecule has 2 radical (unpaired) electrons. The maximum Gasteiger partial charge on any atom is 0.113 e. The zero-order valence-corrected chi connectivity index (χ0v) is 17.9. The predicted molar refractivity (Wildman–Crippen MR) is 141 cm³/mol. The standard InChI is InChI=1S/C30H19BN2/c31-20-15-16-24-26-19-29-25(18-30(26)33(28(24)17-20)22-11-5-2-6-12-22)23-13-7-8-14-27(23)32(29)21-9-3-1-4-10-21/h1-19H. The summed E-state index contributed by atoms with van der Waals surface area (Å²) in [6.45, 7) is 0. The molecule has 0 N–H and O–H groups in total. The Morgan fingerprint density at radius 3 is 1.52 bits per heavy atom. The quantitative estimate of drug-likeness (QED) is 0.278. The summed E-state index contributed by atoms with van der Waals surface area (Å²) >= 11 is 0. The van der Waals surface area contributed by atoms with Crippen LogP contribution in [0.1, 0.15) is 0 Å². The molecule has 0 saturated heterocycles. The van der Waals surface area contributed by atoms with Gasteiger partial charge in [-0.2, -0.15) is 0 Å². The minimum absolute atomic E-state index is 0.770. The summed E-state index contributed by atoms with van der Waals surface area (Å²) in [7, 11) is 6.23. The first-order valence-electron chi connectivity index (χ1n) is 11.2. The van der Waals surface area contributed by atoms with Gasteiger partial charge in [0.2, 0.25) is 0 Å². The number of fused-ring (bicyclic) bond motifs is 6. The molecule has 0 aliphatic rings. The molecule has 0 fully saturated rings. The average Bonchev–Trinajstić information content (AvgIpc) is 3.35. The zero-order chi connectivity index (χ0) is 21.9. The van der Waals surface area contributed by atoms with Crippen LogP contribution in [0.2, 0.25) is 0 Å². The second kappa shape index (κ2) is 6.88. The van der Waals surface area contributed by atoms with E-state index >= 15 is 0 Å². The van der Waals surface area contributed by atoms with Crippen LogP contribution in [0.25, 0.3) is 55.0 Å². The molecule has 2 aromatic heterocycles. The van der Waals surface area contributed by atoms with Gasteiger partial charge in [0.1, 0.15) is 7.85 Å². The Kier molecular flexibility index (Phi) is 3.83. The van der Waals surface area contributed by atoms with Crippen molar-refractivity contribution < 1.29 is 0 Å². The highest BCUT2D eigenvalue weighted by atomic mass is 15.0. The summed E-state index contributed by atoms with van der Waals surface area (Å²) in [4.78, 5) is 0. The molecule has 2 heterocycles. The lowest BCUT2D eigenvalue weighted by atomic mass is 9.95. The molecule has 0 amide bonds. The predicted octanol–water partition coefficient (Wildman–Crippen LogP) is 6.67. The van der Waals surface area contributed by atoms with Gasteiger partial charge in [0.05, 0.1) is 22.1 Å². The first-order chi connectivity index (χ1) is 16.3. The van der Waals surface area contributed by atoms with Crippen LogP contribution < -0.4 is 5.46 Å². The highest BCUT2D eigenvalue weighted by Crippen LogP contribution is 2.39. The summed E-state index contributed by atoms with van der Waals surface area (Å²) < 4.78 is 4.70. The van der Waals surface area contributed by atoms with Crippen molar-refractivity contribution in [2.24, 2.45) is 0 Å². The Morgan fingerprint density at radius 1 is 0.394 bits per heavy atom. The van der Waals surface area contributed by atoms with E-state index in [0.717, 1.165) is 16.7 Å². The van der Waals surface area contributed by atoms with Crippen molar-refractivity contribution in [1.82, 2.24) is 9.13 Å². The molecular weight excluding hydrogens is 399 g/mol. The van der Waals surface area contributed by atoms with Crippen LogP contribution in [0.15, 0.2) is 115 Å². The second-order valence-corrected chi connectivity index (χ2v) is 8.52. The van der Waals surface area contributed by atoms with E-state index in [4.69, 9.17) is 7.85 Å². The van der Waals surface area contributed by atoms with Gasteiger partial charge in [0, 0.05) is 32.9 Å². The van der Waals surface area contributed by atoms with Crippen molar-refractivity contribution in [3.63, 3.8) is 0 Å². The van der Waals surface area contributed by atoms with E-state index in [0.29, 0.717) is 0 Å². The molecule has 33 heavy (non-hydrogen) atoms. The van der Waals surface area contributed by atoms with Gasteiger partial charge in [-0.15, -0.1) is 0 Å². The minimum Gasteiger partial charge on any atom is -0.309 e. The molecule has 0 unspecified atom stereocenters. The lowest BCUT2D eigenvalue weighted by molar-refractivity contribution is 1.17. The number of hydrogen-bond acceptors (Lipinski definition) is 0. The number of rotatable bonds is 2. The summed E-state index contributed by atoms with van der Waals surface area (Å²) in [5.41, 5.74) is 7.80. The highest BCUT2D eigenvalue weighted by Gasteiger charge is 2.18. The molecular formula is C30H19BN2. The molecule has 0 aliphatic carbocycles. The molecule has 0 aliphatic heterocycles. The Labute approximate surface area is 192 Å². The van der Waals surface area contributed by atoms with E-state index < -0.39 is 0 Å². The van der Waals surface area contributed by atoms with Crippen LogP contribution in [0.3, 0.4) is 0 Å². The largest absolute Gasteiger partial charge is 0.309 e. The Hall–Kier alpha value is -4.24.